The fraction of sp³-hybridized carbons (Fsp3) is 0.333. The molecule has 1 saturated heterocycles. The number of carbonyl (C=O) groups excluding carboxylic acids is 2. The number of benzene rings is 2. The molecule has 29 heavy (non-hydrogen) atoms. The van der Waals surface area contributed by atoms with Crippen LogP contribution in [0.5, 0.6) is 5.75 Å². The van der Waals surface area contributed by atoms with E-state index in [-0.39, 0.29) is 18.4 Å². The van der Waals surface area contributed by atoms with Gasteiger partial charge in [-0.3, -0.25) is 14.5 Å². The predicted molar refractivity (Wildman–Crippen MR) is 112 cm³/mol. The zero-order valence-corrected chi connectivity index (χ0v) is 16.8. The Morgan fingerprint density at radius 1 is 1.07 bits per heavy atom. The van der Waals surface area contributed by atoms with Crippen molar-refractivity contribution in [2.75, 3.05) is 51.3 Å². The third kappa shape index (κ3) is 6.45. The van der Waals surface area contributed by atoms with Gasteiger partial charge in [-0.1, -0.05) is 35.9 Å². The molecule has 2 aromatic carbocycles. The second-order valence-corrected chi connectivity index (χ2v) is 6.93. The van der Waals surface area contributed by atoms with E-state index in [0.29, 0.717) is 28.6 Å². The van der Waals surface area contributed by atoms with E-state index < -0.39 is 0 Å². The number of rotatable bonds is 8. The summed E-state index contributed by atoms with van der Waals surface area (Å²) in [6, 6.07) is 13.8. The Morgan fingerprint density at radius 3 is 2.59 bits per heavy atom. The highest BCUT2D eigenvalue weighted by Crippen LogP contribution is 2.23. The van der Waals surface area contributed by atoms with Crippen molar-refractivity contribution in [1.82, 2.24) is 10.2 Å². The first-order chi connectivity index (χ1) is 14.1. The molecule has 1 heterocycles. The molecule has 7 nitrogen and oxygen atoms in total. The van der Waals surface area contributed by atoms with E-state index in [1.807, 2.05) is 0 Å². The maximum Gasteiger partial charge on any atom is 0.262 e. The van der Waals surface area contributed by atoms with Crippen LogP contribution in [0.15, 0.2) is 48.5 Å². The van der Waals surface area contributed by atoms with Gasteiger partial charge in [-0.25, -0.2) is 0 Å². The first kappa shape index (κ1) is 21.1. The summed E-state index contributed by atoms with van der Waals surface area (Å²) in [6.07, 6.45) is 0. The van der Waals surface area contributed by atoms with E-state index in [2.05, 4.69) is 15.5 Å². The average molecular weight is 418 g/mol. The molecule has 1 aliphatic heterocycles. The Hall–Kier alpha value is -2.61. The molecule has 0 bridgehead atoms. The second kappa shape index (κ2) is 10.8. The number of carbonyl (C=O) groups is 2. The van der Waals surface area contributed by atoms with Gasteiger partial charge in [-0.05, 0) is 24.3 Å². The minimum Gasteiger partial charge on any atom is -0.482 e. The predicted octanol–water partition coefficient (Wildman–Crippen LogP) is 2.42. The van der Waals surface area contributed by atoms with Crippen LogP contribution in [0.4, 0.5) is 5.69 Å². The van der Waals surface area contributed by atoms with E-state index in [1.165, 1.54) is 0 Å². The Kier molecular flexibility index (Phi) is 7.86. The van der Waals surface area contributed by atoms with Crippen LogP contribution in [0.2, 0.25) is 5.02 Å². The van der Waals surface area contributed by atoms with Gasteiger partial charge in [-0.15, -0.1) is 0 Å². The lowest BCUT2D eigenvalue weighted by Gasteiger charge is -2.26. The number of hydrogen-bond acceptors (Lipinski definition) is 5. The minimum atomic E-state index is -0.376. The largest absolute Gasteiger partial charge is 0.482 e. The van der Waals surface area contributed by atoms with Crippen molar-refractivity contribution in [2.24, 2.45) is 0 Å². The quantitative estimate of drug-likeness (QED) is 0.689. The highest BCUT2D eigenvalue weighted by molar-refractivity contribution is 6.32. The third-order valence-electron chi connectivity index (χ3n) is 4.46. The Morgan fingerprint density at radius 2 is 1.79 bits per heavy atom. The molecule has 1 fully saturated rings. The summed E-state index contributed by atoms with van der Waals surface area (Å²) in [5.41, 5.74) is 0.838. The van der Waals surface area contributed by atoms with E-state index in [4.69, 9.17) is 21.1 Å². The molecule has 8 heteroatoms. The lowest BCUT2D eigenvalue weighted by atomic mass is 10.1. The number of ether oxygens (including phenoxy) is 2. The number of nitrogens with zero attached hydrogens (tertiary/aromatic N) is 1. The van der Waals surface area contributed by atoms with E-state index >= 15 is 0 Å². The summed E-state index contributed by atoms with van der Waals surface area (Å²) in [5.74, 6) is -0.182. The highest BCUT2D eigenvalue weighted by Gasteiger charge is 2.15. The SMILES string of the molecule is O=C(COc1ccccc1Cl)Nc1ccccc1C(=O)NCCN1CCOCC1. The fourth-order valence-electron chi connectivity index (χ4n) is 2.93. The molecule has 3 rings (SSSR count). The van der Waals surface area contributed by atoms with Gasteiger partial charge in [0.05, 0.1) is 29.5 Å². The number of para-hydroxylation sites is 2. The van der Waals surface area contributed by atoms with Crippen molar-refractivity contribution < 1.29 is 19.1 Å². The first-order valence-electron chi connectivity index (χ1n) is 9.48. The molecule has 154 valence electrons. The van der Waals surface area contributed by atoms with Crippen molar-refractivity contribution in [2.45, 2.75) is 0 Å². The molecule has 0 spiro atoms. The van der Waals surface area contributed by atoms with Crippen LogP contribution in [-0.4, -0.2) is 62.7 Å². The molecule has 2 amide bonds. The molecule has 2 aromatic rings. The van der Waals surface area contributed by atoms with Gasteiger partial charge in [0.15, 0.2) is 6.61 Å². The van der Waals surface area contributed by atoms with E-state index in [1.54, 1.807) is 48.5 Å². The molecule has 0 atom stereocenters. The maximum atomic E-state index is 12.6. The number of amides is 2. The first-order valence-corrected chi connectivity index (χ1v) is 9.86. The molecular weight excluding hydrogens is 394 g/mol. The number of morpholine rings is 1. The van der Waals surface area contributed by atoms with E-state index in [9.17, 15) is 9.59 Å². The van der Waals surface area contributed by atoms with Crippen molar-refractivity contribution in [3.8, 4) is 5.75 Å². The van der Waals surface area contributed by atoms with Gasteiger partial charge >= 0.3 is 0 Å². The maximum absolute atomic E-state index is 12.6. The van der Waals surface area contributed by atoms with Crippen molar-refractivity contribution >= 4 is 29.1 Å². The van der Waals surface area contributed by atoms with Crippen LogP contribution in [0, 0.1) is 0 Å². The van der Waals surface area contributed by atoms with Crippen LogP contribution < -0.4 is 15.4 Å². The molecule has 0 radical (unpaired) electrons. The van der Waals surface area contributed by atoms with Gasteiger partial charge in [0.25, 0.3) is 11.8 Å². The average Bonchev–Trinajstić information content (AvgIpc) is 2.74. The third-order valence-corrected chi connectivity index (χ3v) is 4.77. The summed E-state index contributed by atoms with van der Waals surface area (Å²) in [5, 5.41) is 6.06. The van der Waals surface area contributed by atoms with Crippen LogP contribution in [0.3, 0.4) is 0 Å². The standard InChI is InChI=1S/C21H24ClN3O4/c22-17-6-2-4-8-19(17)29-15-20(26)24-18-7-3-1-5-16(18)21(27)23-9-10-25-11-13-28-14-12-25/h1-8H,9-15H2,(H,23,27)(H,24,26). The molecule has 0 aliphatic carbocycles. The van der Waals surface area contributed by atoms with Gasteiger partial charge in [0, 0.05) is 26.2 Å². The van der Waals surface area contributed by atoms with Gasteiger partial charge in [0.2, 0.25) is 0 Å². The van der Waals surface area contributed by atoms with Crippen molar-refractivity contribution in [3.05, 3.63) is 59.1 Å². The minimum absolute atomic E-state index is 0.212. The normalized spacial score (nSPS) is 14.2. The lowest BCUT2D eigenvalue weighted by Crippen LogP contribution is -2.41. The van der Waals surface area contributed by atoms with Crippen LogP contribution >= 0.6 is 11.6 Å². The summed E-state index contributed by atoms with van der Waals surface area (Å²) < 4.78 is 10.8. The number of nitrogens with one attached hydrogen (secondary N) is 2. The number of halogens is 1. The Labute approximate surface area is 174 Å². The smallest absolute Gasteiger partial charge is 0.262 e. The molecular formula is C21H24ClN3O4. The zero-order valence-electron chi connectivity index (χ0n) is 16.0. The molecule has 0 saturated carbocycles. The van der Waals surface area contributed by atoms with Gasteiger partial charge in [-0.2, -0.15) is 0 Å². The van der Waals surface area contributed by atoms with E-state index in [0.717, 1.165) is 32.8 Å². The molecule has 1 aliphatic rings. The van der Waals surface area contributed by atoms with Crippen LogP contribution in [-0.2, 0) is 9.53 Å². The van der Waals surface area contributed by atoms with Crippen molar-refractivity contribution in [3.63, 3.8) is 0 Å². The van der Waals surface area contributed by atoms with Gasteiger partial charge in [0.1, 0.15) is 5.75 Å². The highest BCUT2D eigenvalue weighted by atomic mass is 35.5. The summed E-state index contributed by atoms with van der Waals surface area (Å²) >= 11 is 6.02. The zero-order chi connectivity index (χ0) is 20.5. The summed E-state index contributed by atoms with van der Waals surface area (Å²) in [7, 11) is 0. The monoisotopic (exact) mass is 417 g/mol. The number of hydrogen-bond donors (Lipinski definition) is 2. The molecule has 2 N–H and O–H groups in total. The van der Waals surface area contributed by atoms with Crippen molar-refractivity contribution in [1.29, 1.82) is 0 Å². The summed E-state index contributed by atoms with van der Waals surface area (Å²) in [4.78, 5) is 27.1. The van der Waals surface area contributed by atoms with Gasteiger partial charge < -0.3 is 20.1 Å². The van der Waals surface area contributed by atoms with Crippen LogP contribution in [0.25, 0.3) is 0 Å². The fourth-order valence-corrected chi connectivity index (χ4v) is 3.12. The summed E-state index contributed by atoms with van der Waals surface area (Å²) in [6.45, 7) is 4.25. The Bertz CT molecular complexity index is 840. The van der Waals surface area contributed by atoms with Crippen LogP contribution in [0.1, 0.15) is 10.4 Å². The molecule has 0 aromatic heterocycles. The Balaban J connectivity index is 1.51. The topological polar surface area (TPSA) is 79.9 Å². The molecule has 0 unspecified atom stereocenters. The second-order valence-electron chi connectivity index (χ2n) is 6.52. The number of anilines is 1. The lowest BCUT2D eigenvalue weighted by molar-refractivity contribution is -0.118.